The number of rotatable bonds is 4. The molecule has 0 bridgehead atoms. The number of hydrogen-bond acceptors (Lipinski definition) is 4. The average molecular weight is 310 g/mol. The molecule has 3 rings (SSSR count). The lowest BCUT2D eigenvalue weighted by Crippen LogP contribution is -2.38. The molecular weight excluding hydrogens is 288 g/mol. The summed E-state index contributed by atoms with van der Waals surface area (Å²) in [5.74, 6) is 1.18. The Morgan fingerprint density at radius 2 is 2.29 bits per heavy atom. The molecule has 2 unspecified atom stereocenters. The minimum Gasteiger partial charge on any atom is -0.490 e. The van der Waals surface area contributed by atoms with E-state index in [1.807, 2.05) is 6.92 Å². The Balaban J connectivity index is 1.68. The normalized spacial score (nSPS) is 25.4. The van der Waals surface area contributed by atoms with E-state index < -0.39 is 10.0 Å². The van der Waals surface area contributed by atoms with Crippen molar-refractivity contribution in [3.63, 3.8) is 0 Å². The number of hydrogen-bond donors (Lipinski definition) is 2. The van der Waals surface area contributed by atoms with Gasteiger partial charge in [0.1, 0.15) is 11.9 Å². The first-order valence-corrected chi connectivity index (χ1v) is 9.03. The monoisotopic (exact) mass is 310 g/mol. The first-order valence-electron chi connectivity index (χ1n) is 7.54. The van der Waals surface area contributed by atoms with Gasteiger partial charge in [-0.15, -0.1) is 0 Å². The molecule has 0 aliphatic carbocycles. The second-order valence-corrected chi connectivity index (χ2v) is 7.73. The lowest BCUT2D eigenvalue weighted by Gasteiger charge is -2.22. The van der Waals surface area contributed by atoms with Crippen LogP contribution in [0.4, 0.5) is 0 Å². The van der Waals surface area contributed by atoms with Crippen molar-refractivity contribution in [3.05, 3.63) is 23.8 Å². The molecule has 21 heavy (non-hydrogen) atoms. The van der Waals surface area contributed by atoms with Gasteiger partial charge in [0.25, 0.3) is 0 Å². The average Bonchev–Trinajstić information content (AvgIpc) is 2.85. The van der Waals surface area contributed by atoms with E-state index in [4.69, 9.17) is 4.74 Å². The summed E-state index contributed by atoms with van der Waals surface area (Å²) < 4.78 is 33.1. The quantitative estimate of drug-likeness (QED) is 0.879. The van der Waals surface area contributed by atoms with Crippen LogP contribution in [0.25, 0.3) is 0 Å². The Bertz CT molecular complexity index is 609. The highest BCUT2D eigenvalue weighted by molar-refractivity contribution is 7.89. The van der Waals surface area contributed by atoms with Gasteiger partial charge in [-0.25, -0.2) is 13.1 Å². The molecule has 0 aromatic heterocycles. The fourth-order valence-corrected chi connectivity index (χ4v) is 4.14. The van der Waals surface area contributed by atoms with Crippen LogP contribution in [-0.4, -0.2) is 34.2 Å². The highest BCUT2D eigenvalue weighted by Crippen LogP contribution is 2.30. The van der Waals surface area contributed by atoms with Gasteiger partial charge in [-0.1, -0.05) is 0 Å². The summed E-state index contributed by atoms with van der Waals surface area (Å²) in [6.45, 7) is 4.41. The summed E-state index contributed by atoms with van der Waals surface area (Å²) in [5, 5.41) is 3.30. The molecule has 2 aliphatic rings. The third kappa shape index (κ3) is 3.39. The molecule has 1 aromatic rings. The molecule has 2 N–H and O–H groups in total. The molecule has 1 saturated heterocycles. The molecule has 2 aliphatic heterocycles. The van der Waals surface area contributed by atoms with E-state index in [0.717, 1.165) is 43.7 Å². The summed E-state index contributed by atoms with van der Waals surface area (Å²) in [5.41, 5.74) is 0.977. The first kappa shape index (κ1) is 14.8. The zero-order valence-electron chi connectivity index (χ0n) is 12.3. The molecule has 2 atom stereocenters. The minimum atomic E-state index is -3.43. The van der Waals surface area contributed by atoms with Gasteiger partial charge in [0, 0.05) is 13.0 Å². The fourth-order valence-electron chi connectivity index (χ4n) is 2.97. The van der Waals surface area contributed by atoms with Crippen molar-refractivity contribution in [2.24, 2.45) is 5.92 Å². The Morgan fingerprint density at radius 3 is 3.05 bits per heavy atom. The van der Waals surface area contributed by atoms with Crippen LogP contribution in [0.3, 0.4) is 0 Å². The maximum Gasteiger partial charge on any atom is 0.240 e. The van der Waals surface area contributed by atoms with Crippen molar-refractivity contribution in [2.45, 2.75) is 37.2 Å². The third-order valence-electron chi connectivity index (χ3n) is 4.14. The van der Waals surface area contributed by atoms with Gasteiger partial charge in [0.05, 0.1) is 4.90 Å². The summed E-state index contributed by atoms with van der Waals surface area (Å²) in [4.78, 5) is 0.336. The van der Waals surface area contributed by atoms with Crippen molar-refractivity contribution in [2.75, 3.05) is 19.6 Å². The lowest BCUT2D eigenvalue weighted by atomic mass is 10.0. The Hall–Kier alpha value is -1.11. The van der Waals surface area contributed by atoms with Gasteiger partial charge in [0.15, 0.2) is 0 Å². The van der Waals surface area contributed by atoms with E-state index in [1.165, 1.54) is 0 Å². The van der Waals surface area contributed by atoms with Crippen LogP contribution in [0.2, 0.25) is 0 Å². The molecule has 0 amide bonds. The number of piperidine rings is 1. The Morgan fingerprint density at radius 1 is 1.43 bits per heavy atom. The van der Waals surface area contributed by atoms with Crippen LogP contribution in [0.5, 0.6) is 5.75 Å². The minimum absolute atomic E-state index is 0.124. The fraction of sp³-hybridized carbons (Fsp3) is 0.600. The molecule has 2 heterocycles. The standard InChI is InChI=1S/C15H22N2O3S/c1-11-7-13-8-14(4-5-15(13)20-11)21(18,19)17-10-12-3-2-6-16-9-12/h4-5,8,11-12,16-17H,2-3,6-7,9-10H2,1H3. The second kappa shape index (κ2) is 5.94. The van der Waals surface area contributed by atoms with E-state index in [9.17, 15) is 8.42 Å². The van der Waals surface area contributed by atoms with E-state index in [2.05, 4.69) is 10.0 Å². The number of fused-ring (bicyclic) bond motifs is 1. The molecule has 0 saturated carbocycles. The van der Waals surface area contributed by atoms with Gasteiger partial charge in [-0.2, -0.15) is 0 Å². The topological polar surface area (TPSA) is 67.4 Å². The molecular formula is C15H22N2O3S. The van der Waals surface area contributed by atoms with Crippen LogP contribution < -0.4 is 14.8 Å². The number of sulfonamides is 1. The molecule has 0 spiro atoms. The van der Waals surface area contributed by atoms with Crippen molar-refractivity contribution in [1.82, 2.24) is 10.0 Å². The molecule has 5 nitrogen and oxygen atoms in total. The van der Waals surface area contributed by atoms with Crippen molar-refractivity contribution < 1.29 is 13.2 Å². The van der Waals surface area contributed by atoms with Crippen LogP contribution in [0.15, 0.2) is 23.1 Å². The smallest absolute Gasteiger partial charge is 0.240 e. The Labute approximate surface area is 126 Å². The van der Waals surface area contributed by atoms with Crippen LogP contribution >= 0.6 is 0 Å². The summed E-state index contributed by atoms with van der Waals surface area (Å²) in [6.07, 6.45) is 3.08. The third-order valence-corrected chi connectivity index (χ3v) is 5.56. The zero-order valence-corrected chi connectivity index (χ0v) is 13.1. The lowest BCUT2D eigenvalue weighted by molar-refractivity contribution is 0.254. The first-order chi connectivity index (χ1) is 10.0. The summed E-state index contributed by atoms with van der Waals surface area (Å²) >= 11 is 0. The number of benzene rings is 1. The summed E-state index contributed by atoms with van der Waals surface area (Å²) in [6, 6.07) is 5.12. The van der Waals surface area contributed by atoms with E-state index in [-0.39, 0.29) is 6.10 Å². The molecule has 116 valence electrons. The van der Waals surface area contributed by atoms with E-state index in [0.29, 0.717) is 17.4 Å². The maximum absolute atomic E-state index is 12.4. The van der Waals surface area contributed by atoms with Crippen molar-refractivity contribution in [1.29, 1.82) is 0 Å². The number of ether oxygens (including phenoxy) is 1. The zero-order chi connectivity index (χ0) is 14.9. The van der Waals surface area contributed by atoms with E-state index >= 15 is 0 Å². The number of nitrogens with one attached hydrogen (secondary N) is 2. The van der Waals surface area contributed by atoms with Crippen molar-refractivity contribution >= 4 is 10.0 Å². The molecule has 1 fully saturated rings. The molecule has 1 aromatic carbocycles. The van der Waals surface area contributed by atoms with E-state index in [1.54, 1.807) is 18.2 Å². The largest absolute Gasteiger partial charge is 0.490 e. The van der Waals surface area contributed by atoms with Crippen molar-refractivity contribution in [3.8, 4) is 5.75 Å². The summed E-state index contributed by atoms with van der Waals surface area (Å²) in [7, 11) is -3.43. The molecule has 0 radical (unpaired) electrons. The van der Waals surface area contributed by atoms with Gasteiger partial charge in [0.2, 0.25) is 10.0 Å². The Kier molecular flexibility index (Phi) is 4.19. The predicted octanol–water partition coefficient (Wildman–Crippen LogP) is 1.29. The van der Waals surface area contributed by atoms with Gasteiger partial charge >= 0.3 is 0 Å². The highest BCUT2D eigenvalue weighted by Gasteiger charge is 2.23. The second-order valence-electron chi connectivity index (χ2n) is 5.97. The highest BCUT2D eigenvalue weighted by atomic mass is 32.2. The van der Waals surface area contributed by atoms with Gasteiger partial charge in [-0.05, 0) is 62.5 Å². The van der Waals surface area contributed by atoms with Crippen LogP contribution in [0, 0.1) is 5.92 Å². The predicted molar refractivity (Wildman–Crippen MR) is 81.0 cm³/mol. The van der Waals surface area contributed by atoms with Crippen LogP contribution in [0.1, 0.15) is 25.3 Å². The van der Waals surface area contributed by atoms with Crippen LogP contribution in [-0.2, 0) is 16.4 Å². The van der Waals surface area contributed by atoms with Gasteiger partial charge in [-0.3, -0.25) is 0 Å². The molecule has 6 heteroatoms. The SMILES string of the molecule is CC1Cc2cc(S(=O)(=O)NCC3CCCNC3)ccc2O1. The van der Waals surface area contributed by atoms with Gasteiger partial charge < -0.3 is 10.1 Å². The maximum atomic E-state index is 12.4.